The predicted octanol–water partition coefficient (Wildman–Crippen LogP) is 3.73. The first-order valence-electron chi connectivity index (χ1n) is 8.64. The average Bonchev–Trinajstić information content (AvgIpc) is 3.22. The summed E-state index contributed by atoms with van der Waals surface area (Å²) in [5.41, 5.74) is 1.97. The molecule has 0 unspecified atom stereocenters. The molecule has 0 spiro atoms. The number of carbonyl (C=O) groups is 2. The Morgan fingerprint density at radius 3 is 2.81 bits per heavy atom. The molecule has 26 heavy (non-hydrogen) atoms. The number of amides is 2. The molecule has 0 saturated carbocycles. The van der Waals surface area contributed by atoms with Crippen molar-refractivity contribution in [1.29, 1.82) is 0 Å². The Labute approximate surface area is 161 Å². The SMILES string of the molecule is CC[C@H](C)Sc1nnc(NC(=O)[C@@H]2CC(=O)N(c3ccc(C)cc3)C2)s1. The molecule has 1 saturated heterocycles. The minimum atomic E-state index is -0.377. The summed E-state index contributed by atoms with van der Waals surface area (Å²) in [6, 6.07) is 7.76. The molecule has 1 aromatic carbocycles. The zero-order valence-electron chi connectivity index (χ0n) is 15.1. The zero-order chi connectivity index (χ0) is 18.7. The Bertz CT molecular complexity index is 791. The van der Waals surface area contributed by atoms with Gasteiger partial charge in [-0.2, -0.15) is 0 Å². The second kappa shape index (κ2) is 8.18. The number of benzene rings is 1. The van der Waals surface area contributed by atoms with E-state index in [2.05, 4.69) is 29.4 Å². The summed E-state index contributed by atoms with van der Waals surface area (Å²) in [7, 11) is 0. The van der Waals surface area contributed by atoms with E-state index in [4.69, 9.17) is 0 Å². The monoisotopic (exact) mass is 390 g/mol. The highest BCUT2D eigenvalue weighted by Crippen LogP contribution is 2.31. The van der Waals surface area contributed by atoms with Gasteiger partial charge >= 0.3 is 0 Å². The third kappa shape index (κ3) is 4.42. The van der Waals surface area contributed by atoms with Gasteiger partial charge in [0.1, 0.15) is 0 Å². The lowest BCUT2D eigenvalue weighted by atomic mass is 10.1. The normalized spacial score (nSPS) is 18.2. The molecule has 1 aliphatic rings. The van der Waals surface area contributed by atoms with Crippen LogP contribution in [0.4, 0.5) is 10.8 Å². The van der Waals surface area contributed by atoms with Crippen molar-refractivity contribution < 1.29 is 9.59 Å². The molecule has 2 aromatic rings. The van der Waals surface area contributed by atoms with Crippen LogP contribution in [0.2, 0.25) is 0 Å². The first-order chi connectivity index (χ1) is 12.5. The number of nitrogens with one attached hydrogen (secondary N) is 1. The second-order valence-corrected chi connectivity index (χ2v) is 9.10. The van der Waals surface area contributed by atoms with Crippen LogP contribution < -0.4 is 10.2 Å². The highest BCUT2D eigenvalue weighted by Gasteiger charge is 2.35. The fourth-order valence-corrected chi connectivity index (χ4v) is 4.63. The summed E-state index contributed by atoms with van der Waals surface area (Å²) in [4.78, 5) is 26.5. The van der Waals surface area contributed by atoms with Crippen LogP contribution in [0.25, 0.3) is 0 Å². The number of hydrogen-bond acceptors (Lipinski definition) is 6. The van der Waals surface area contributed by atoms with Gasteiger partial charge in [0.2, 0.25) is 16.9 Å². The van der Waals surface area contributed by atoms with Crippen LogP contribution >= 0.6 is 23.1 Å². The van der Waals surface area contributed by atoms with Crippen LogP contribution in [0.15, 0.2) is 28.6 Å². The zero-order valence-corrected chi connectivity index (χ0v) is 16.7. The molecule has 1 fully saturated rings. The third-order valence-electron chi connectivity index (χ3n) is 4.35. The van der Waals surface area contributed by atoms with E-state index in [1.807, 2.05) is 31.2 Å². The van der Waals surface area contributed by atoms with Gasteiger partial charge in [-0.1, -0.05) is 54.6 Å². The number of hydrogen-bond donors (Lipinski definition) is 1. The molecule has 2 heterocycles. The Balaban J connectivity index is 1.60. The molecule has 0 radical (unpaired) electrons. The first kappa shape index (κ1) is 18.8. The maximum Gasteiger partial charge on any atom is 0.231 e. The first-order valence-corrected chi connectivity index (χ1v) is 10.3. The quantitative estimate of drug-likeness (QED) is 0.601. The molecule has 0 aliphatic carbocycles. The van der Waals surface area contributed by atoms with E-state index >= 15 is 0 Å². The van der Waals surface area contributed by atoms with Crippen LogP contribution in [0.1, 0.15) is 32.3 Å². The van der Waals surface area contributed by atoms with Gasteiger partial charge in [0.15, 0.2) is 4.34 Å². The van der Waals surface area contributed by atoms with E-state index in [9.17, 15) is 9.59 Å². The van der Waals surface area contributed by atoms with E-state index in [1.165, 1.54) is 11.3 Å². The fraction of sp³-hybridized carbons (Fsp3) is 0.444. The second-order valence-electron chi connectivity index (χ2n) is 6.44. The molecular weight excluding hydrogens is 368 g/mol. The predicted molar refractivity (Wildman–Crippen MR) is 106 cm³/mol. The van der Waals surface area contributed by atoms with Gasteiger partial charge in [-0.25, -0.2) is 0 Å². The molecule has 3 rings (SSSR count). The van der Waals surface area contributed by atoms with Crippen LogP contribution in [0, 0.1) is 12.8 Å². The van der Waals surface area contributed by atoms with E-state index in [1.54, 1.807) is 16.7 Å². The number of nitrogens with zero attached hydrogens (tertiary/aromatic N) is 3. The molecule has 2 atom stereocenters. The van der Waals surface area contributed by atoms with Crippen molar-refractivity contribution in [3.8, 4) is 0 Å². The minimum absolute atomic E-state index is 0.0284. The van der Waals surface area contributed by atoms with Gasteiger partial charge in [0.25, 0.3) is 0 Å². The molecule has 6 nitrogen and oxygen atoms in total. The summed E-state index contributed by atoms with van der Waals surface area (Å²) >= 11 is 3.03. The Morgan fingerprint density at radius 1 is 1.38 bits per heavy atom. The third-order valence-corrected chi connectivity index (χ3v) is 6.55. The molecule has 138 valence electrons. The van der Waals surface area contributed by atoms with Crippen LogP contribution in [0.5, 0.6) is 0 Å². The Hall–Kier alpha value is -1.93. The van der Waals surface area contributed by atoms with E-state index < -0.39 is 0 Å². The topological polar surface area (TPSA) is 75.2 Å². The van der Waals surface area contributed by atoms with Crippen LogP contribution in [-0.4, -0.2) is 33.8 Å². The van der Waals surface area contributed by atoms with E-state index in [0.717, 1.165) is 22.0 Å². The lowest BCUT2D eigenvalue weighted by Gasteiger charge is -2.16. The van der Waals surface area contributed by atoms with Gasteiger partial charge in [0, 0.05) is 23.9 Å². The molecule has 1 N–H and O–H groups in total. The van der Waals surface area contributed by atoms with Gasteiger partial charge in [-0.15, -0.1) is 10.2 Å². The number of anilines is 2. The van der Waals surface area contributed by atoms with Gasteiger partial charge in [-0.05, 0) is 25.5 Å². The lowest BCUT2D eigenvalue weighted by Crippen LogP contribution is -2.28. The van der Waals surface area contributed by atoms with Gasteiger partial charge in [0.05, 0.1) is 5.92 Å². The van der Waals surface area contributed by atoms with Gasteiger partial charge in [-0.3, -0.25) is 9.59 Å². The maximum atomic E-state index is 12.5. The van der Waals surface area contributed by atoms with E-state index in [-0.39, 0.29) is 24.2 Å². The summed E-state index contributed by atoms with van der Waals surface area (Å²) in [6.07, 6.45) is 1.26. The largest absolute Gasteiger partial charge is 0.312 e. The summed E-state index contributed by atoms with van der Waals surface area (Å²) < 4.78 is 0.846. The molecule has 2 amide bonds. The summed E-state index contributed by atoms with van der Waals surface area (Å²) in [5, 5.41) is 11.9. The van der Waals surface area contributed by atoms with Crippen LogP contribution in [-0.2, 0) is 9.59 Å². The molecule has 1 aliphatic heterocycles. The fourth-order valence-electron chi connectivity index (χ4n) is 2.63. The van der Waals surface area contributed by atoms with Crippen molar-refractivity contribution in [2.45, 2.75) is 43.2 Å². The number of aromatic nitrogens is 2. The molecular formula is C18H22N4O2S2. The lowest BCUT2D eigenvalue weighted by molar-refractivity contribution is -0.122. The number of carbonyl (C=O) groups excluding carboxylic acids is 2. The number of rotatable bonds is 6. The Kier molecular flexibility index (Phi) is 5.93. The smallest absolute Gasteiger partial charge is 0.231 e. The van der Waals surface area contributed by atoms with E-state index in [0.29, 0.717) is 16.9 Å². The minimum Gasteiger partial charge on any atom is -0.312 e. The maximum absolute atomic E-state index is 12.5. The highest BCUT2D eigenvalue weighted by atomic mass is 32.2. The van der Waals surface area contributed by atoms with Crippen LogP contribution in [0.3, 0.4) is 0 Å². The van der Waals surface area contributed by atoms with Crippen molar-refractivity contribution >= 4 is 45.7 Å². The molecule has 0 bridgehead atoms. The van der Waals surface area contributed by atoms with Crippen molar-refractivity contribution in [3.05, 3.63) is 29.8 Å². The van der Waals surface area contributed by atoms with Crippen molar-refractivity contribution in [2.24, 2.45) is 5.92 Å². The average molecular weight is 391 g/mol. The molecule has 1 aromatic heterocycles. The highest BCUT2D eigenvalue weighted by molar-refractivity contribution is 8.01. The summed E-state index contributed by atoms with van der Waals surface area (Å²) in [5.74, 6) is -0.582. The number of thioether (sulfide) groups is 1. The standard InChI is InChI=1S/C18H22N4O2S2/c1-4-12(3)25-18-21-20-17(26-18)19-16(24)13-9-15(23)22(10-13)14-7-5-11(2)6-8-14/h5-8,12-13H,4,9-10H2,1-3H3,(H,19,20,24)/t12-,13+/m0/s1. The van der Waals surface area contributed by atoms with Crippen molar-refractivity contribution in [2.75, 3.05) is 16.8 Å². The van der Waals surface area contributed by atoms with Gasteiger partial charge < -0.3 is 10.2 Å². The molecule has 8 heteroatoms. The van der Waals surface area contributed by atoms with Crippen molar-refractivity contribution in [3.63, 3.8) is 0 Å². The summed E-state index contributed by atoms with van der Waals surface area (Å²) in [6.45, 7) is 6.65. The van der Waals surface area contributed by atoms with Crippen molar-refractivity contribution in [1.82, 2.24) is 10.2 Å². The Morgan fingerprint density at radius 2 is 2.12 bits per heavy atom. The number of aryl methyl sites for hydroxylation is 1.